The number of nitrogens with zero attached hydrogens (tertiary/aromatic N) is 1. The first kappa shape index (κ1) is 16.4. The smallest absolute Gasteiger partial charge is 0.326 e. The Bertz CT molecular complexity index is 532. The van der Waals surface area contributed by atoms with Gasteiger partial charge in [-0.05, 0) is 12.0 Å². The maximum absolute atomic E-state index is 11.6. The van der Waals surface area contributed by atoms with Crippen LogP contribution >= 0.6 is 0 Å². The minimum atomic E-state index is -1.10. The van der Waals surface area contributed by atoms with Crippen LogP contribution in [0.5, 0.6) is 0 Å². The molecule has 0 radical (unpaired) electrons. The highest BCUT2D eigenvalue weighted by Gasteiger charge is 2.18. The molecule has 0 aliphatic rings. The molecule has 114 valence electrons. The monoisotopic (exact) mass is 295 g/mol. The van der Waals surface area contributed by atoms with E-state index in [0.717, 1.165) is 0 Å². The standard InChI is InChI=1S/C13H17N3O5/c1-2-4-11(12(17)18)15-13(19)14-8-9-5-3-6-10(7-9)16(20)21/h3,5-7,11H,2,4,8H2,1H3,(H,17,18)(H2,14,15,19)/t11-/m1/s1. The average Bonchev–Trinajstić information content (AvgIpc) is 2.45. The lowest BCUT2D eigenvalue weighted by Gasteiger charge is -2.14. The normalized spacial score (nSPS) is 11.5. The van der Waals surface area contributed by atoms with E-state index in [0.29, 0.717) is 18.4 Å². The van der Waals surface area contributed by atoms with E-state index in [4.69, 9.17) is 5.11 Å². The lowest BCUT2D eigenvalue weighted by molar-refractivity contribution is -0.384. The van der Waals surface area contributed by atoms with Crippen LogP contribution in [0.15, 0.2) is 24.3 Å². The molecule has 0 fully saturated rings. The number of nitrogens with one attached hydrogen (secondary N) is 2. The third-order valence-corrected chi connectivity index (χ3v) is 2.76. The van der Waals surface area contributed by atoms with Gasteiger partial charge < -0.3 is 15.7 Å². The van der Waals surface area contributed by atoms with Crippen molar-refractivity contribution in [2.45, 2.75) is 32.4 Å². The summed E-state index contributed by atoms with van der Waals surface area (Å²) in [5.74, 6) is -1.10. The molecule has 3 N–H and O–H groups in total. The zero-order valence-corrected chi connectivity index (χ0v) is 11.5. The van der Waals surface area contributed by atoms with Gasteiger partial charge in [-0.2, -0.15) is 0 Å². The molecule has 0 aliphatic heterocycles. The van der Waals surface area contributed by atoms with Crippen molar-refractivity contribution in [1.29, 1.82) is 0 Å². The van der Waals surface area contributed by atoms with Crippen molar-refractivity contribution in [2.24, 2.45) is 0 Å². The largest absolute Gasteiger partial charge is 0.480 e. The zero-order chi connectivity index (χ0) is 15.8. The summed E-state index contributed by atoms with van der Waals surface area (Å²) in [6.07, 6.45) is 0.960. The molecule has 0 saturated carbocycles. The van der Waals surface area contributed by atoms with Gasteiger partial charge in [0.1, 0.15) is 6.04 Å². The van der Waals surface area contributed by atoms with Crippen molar-refractivity contribution in [1.82, 2.24) is 10.6 Å². The van der Waals surface area contributed by atoms with Crippen molar-refractivity contribution in [3.63, 3.8) is 0 Å². The topological polar surface area (TPSA) is 122 Å². The van der Waals surface area contributed by atoms with Crippen LogP contribution in [0.25, 0.3) is 0 Å². The summed E-state index contributed by atoms with van der Waals surface area (Å²) in [6, 6.07) is 4.28. The lowest BCUT2D eigenvalue weighted by atomic mass is 10.2. The summed E-state index contributed by atoms with van der Waals surface area (Å²) >= 11 is 0. The Kier molecular flexibility index (Phi) is 6.12. The molecule has 0 bridgehead atoms. The molecule has 0 spiro atoms. The van der Waals surface area contributed by atoms with Crippen molar-refractivity contribution >= 4 is 17.7 Å². The van der Waals surface area contributed by atoms with Gasteiger partial charge in [-0.1, -0.05) is 25.5 Å². The Hall–Kier alpha value is -2.64. The summed E-state index contributed by atoms with van der Waals surface area (Å²) in [6.45, 7) is 1.89. The number of hydrogen-bond donors (Lipinski definition) is 3. The summed E-state index contributed by atoms with van der Waals surface area (Å²) in [5, 5.41) is 24.4. The van der Waals surface area contributed by atoms with Gasteiger partial charge in [0.05, 0.1) is 4.92 Å². The number of carbonyl (C=O) groups excluding carboxylic acids is 1. The Labute approximate surface area is 121 Å². The third kappa shape index (κ3) is 5.47. The molecule has 1 rings (SSSR count). The molecule has 1 aromatic carbocycles. The number of urea groups is 1. The van der Waals surface area contributed by atoms with Crippen molar-refractivity contribution < 1.29 is 19.6 Å². The lowest BCUT2D eigenvalue weighted by Crippen LogP contribution is -2.45. The minimum Gasteiger partial charge on any atom is -0.480 e. The maximum Gasteiger partial charge on any atom is 0.326 e. The van der Waals surface area contributed by atoms with Crippen molar-refractivity contribution in [3.8, 4) is 0 Å². The van der Waals surface area contributed by atoms with Crippen LogP contribution in [0.1, 0.15) is 25.3 Å². The van der Waals surface area contributed by atoms with E-state index in [2.05, 4.69) is 10.6 Å². The first-order chi connectivity index (χ1) is 9.93. The fourth-order valence-electron chi connectivity index (χ4n) is 1.72. The molecule has 2 amide bonds. The summed E-state index contributed by atoms with van der Waals surface area (Å²) < 4.78 is 0. The second-order valence-electron chi connectivity index (χ2n) is 4.43. The molecule has 0 aromatic heterocycles. The number of carboxylic acids is 1. The number of carboxylic acid groups (broad SMARTS) is 1. The van der Waals surface area contributed by atoms with E-state index in [9.17, 15) is 19.7 Å². The molecule has 0 saturated heterocycles. The summed E-state index contributed by atoms with van der Waals surface area (Å²) in [4.78, 5) is 32.6. The van der Waals surface area contributed by atoms with Crippen LogP contribution in [-0.4, -0.2) is 28.1 Å². The van der Waals surface area contributed by atoms with E-state index in [1.54, 1.807) is 6.07 Å². The number of benzene rings is 1. The fourth-order valence-corrected chi connectivity index (χ4v) is 1.72. The first-order valence-corrected chi connectivity index (χ1v) is 6.44. The van der Waals surface area contributed by atoms with Gasteiger partial charge in [0.25, 0.3) is 5.69 Å². The number of nitro groups is 1. The molecule has 0 heterocycles. The quantitative estimate of drug-likeness (QED) is 0.521. The van der Waals surface area contributed by atoms with E-state index < -0.39 is 23.0 Å². The zero-order valence-electron chi connectivity index (χ0n) is 11.5. The number of hydrogen-bond acceptors (Lipinski definition) is 4. The maximum atomic E-state index is 11.6. The van der Waals surface area contributed by atoms with Gasteiger partial charge in [-0.15, -0.1) is 0 Å². The molecule has 1 atom stereocenters. The van der Waals surface area contributed by atoms with Crippen LogP contribution in [0, 0.1) is 10.1 Å². The fraction of sp³-hybridized carbons (Fsp3) is 0.385. The molecule has 8 heteroatoms. The number of rotatable bonds is 7. The van der Waals surface area contributed by atoms with Crippen LogP contribution in [-0.2, 0) is 11.3 Å². The van der Waals surface area contributed by atoms with Gasteiger partial charge in [-0.25, -0.2) is 9.59 Å². The number of amides is 2. The molecule has 0 unspecified atom stereocenters. The molecular weight excluding hydrogens is 278 g/mol. The summed E-state index contributed by atoms with van der Waals surface area (Å²) in [7, 11) is 0. The van der Waals surface area contributed by atoms with E-state index >= 15 is 0 Å². The second kappa shape index (κ2) is 7.83. The number of non-ortho nitro benzene ring substituents is 1. The number of nitro benzene ring substituents is 1. The number of aliphatic carboxylic acids is 1. The highest BCUT2D eigenvalue weighted by Crippen LogP contribution is 2.12. The van der Waals surface area contributed by atoms with E-state index in [-0.39, 0.29) is 12.2 Å². The Morgan fingerprint density at radius 1 is 1.43 bits per heavy atom. The first-order valence-electron chi connectivity index (χ1n) is 6.44. The number of carbonyl (C=O) groups is 2. The van der Waals surface area contributed by atoms with Crippen LogP contribution in [0.3, 0.4) is 0 Å². The van der Waals surface area contributed by atoms with Gasteiger partial charge in [0.15, 0.2) is 0 Å². The van der Waals surface area contributed by atoms with Crippen molar-refractivity contribution in [2.75, 3.05) is 0 Å². The SMILES string of the molecule is CCC[C@@H](NC(=O)NCc1cccc([N+](=O)[O-])c1)C(=O)O. The third-order valence-electron chi connectivity index (χ3n) is 2.76. The van der Waals surface area contributed by atoms with Crippen LogP contribution in [0.2, 0.25) is 0 Å². The highest BCUT2D eigenvalue weighted by atomic mass is 16.6. The predicted octanol–water partition coefficient (Wildman–Crippen LogP) is 1.65. The molecule has 8 nitrogen and oxygen atoms in total. The van der Waals surface area contributed by atoms with Gasteiger partial charge in [0, 0.05) is 18.7 Å². The molecule has 0 aliphatic carbocycles. The van der Waals surface area contributed by atoms with Crippen LogP contribution < -0.4 is 10.6 Å². The van der Waals surface area contributed by atoms with E-state index in [1.165, 1.54) is 18.2 Å². The van der Waals surface area contributed by atoms with Gasteiger partial charge >= 0.3 is 12.0 Å². The minimum absolute atomic E-state index is 0.0656. The molecular formula is C13H17N3O5. The van der Waals surface area contributed by atoms with Gasteiger partial charge in [-0.3, -0.25) is 10.1 Å². The second-order valence-corrected chi connectivity index (χ2v) is 4.43. The Balaban J connectivity index is 2.54. The summed E-state index contributed by atoms with van der Waals surface area (Å²) in [5.41, 5.74) is 0.492. The van der Waals surface area contributed by atoms with Crippen LogP contribution in [0.4, 0.5) is 10.5 Å². The molecule has 21 heavy (non-hydrogen) atoms. The van der Waals surface area contributed by atoms with Gasteiger partial charge in [0.2, 0.25) is 0 Å². The average molecular weight is 295 g/mol. The van der Waals surface area contributed by atoms with E-state index in [1.807, 2.05) is 6.92 Å². The Morgan fingerprint density at radius 3 is 2.71 bits per heavy atom. The Morgan fingerprint density at radius 2 is 2.14 bits per heavy atom. The highest BCUT2D eigenvalue weighted by molar-refractivity contribution is 5.82. The molecule has 1 aromatic rings. The predicted molar refractivity (Wildman–Crippen MR) is 74.8 cm³/mol. The van der Waals surface area contributed by atoms with Crippen molar-refractivity contribution in [3.05, 3.63) is 39.9 Å².